The van der Waals surface area contributed by atoms with Crippen molar-refractivity contribution >= 4 is 5.97 Å². The van der Waals surface area contributed by atoms with Crippen molar-refractivity contribution in [3.05, 3.63) is 0 Å². The highest BCUT2D eigenvalue weighted by Crippen LogP contribution is 2.30. The number of hydrogen-bond acceptors (Lipinski definition) is 3. The van der Waals surface area contributed by atoms with E-state index in [1.807, 2.05) is 6.92 Å². The van der Waals surface area contributed by atoms with E-state index in [9.17, 15) is 9.90 Å². The van der Waals surface area contributed by atoms with Gasteiger partial charge in [-0.25, -0.2) is 0 Å². The molecule has 0 rings (SSSR count). The first-order valence-electron chi connectivity index (χ1n) is 5.71. The van der Waals surface area contributed by atoms with Crippen LogP contribution >= 0.6 is 0 Å². The van der Waals surface area contributed by atoms with Crippen molar-refractivity contribution in [3.63, 3.8) is 0 Å². The van der Waals surface area contributed by atoms with Crippen LogP contribution in [0.25, 0.3) is 0 Å². The summed E-state index contributed by atoms with van der Waals surface area (Å²) < 4.78 is 4.68. The highest BCUT2D eigenvalue weighted by Gasteiger charge is 2.38. The van der Waals surface area contributed by atoms with Crippen LogP contribution in [0.4, 0.5) is 0 Å². The molecule has 0 heterocycles. The quantitative estimate of drug-likeness (QED) is 0.693. The Balaban J connectivity index is 4.60. The zero-order valence-electron chi connectivity index (χ0n) is 10.5. The lowest BCUT2D eigenvalue weighted by Crippen LogP contribution is -2.42. The van der Waals surface area contributed by atoms with Gasteiger partial charge in [0.1, 0.15) is 0 Å². The maximum Gasteiger partial charge on any atom is 0.311 e. The standard InChI is InChI=1S/C12H24O3/c1-6-9(3)8-12(14,7-2)10(4)11(13)15-5/h9-10,14H,6-8H2,1-5H3. The van der Waals surface area contributed by atoms with Gasteiger partial charge in [0, 0.05) is 0 Å². The topological polar surface area (TPSA) is 46.5 Å². The van der Waals surface area contributed by atoms with Crippen molar-refractivity contribution in [1.29, 1.82) is 0 Å². The Morgan fingerprint density at radius 3 is 2.27 bits per heavy atom. The molecule has 15 heavy (non-hydrogen) atoms. The highest BCUT2D eigenvalue weighted by molar-refractivity contribution is 5.73. The summed E-state index contributed by atoms with van der Waals surface area (Å²) in [5.41, 5.74) is -0.928. The Morgan fingerprint density at radius 1 is 1.40 bits per heavy atom. The van der Waals surface area contributed by atoms with Crippen molar-refractivity contribution in [1.82, 2.24) is 0 Å². The molecule has 0 fully saturated rings. The molecule has 0 aliphatic rings. The molecule has 0 saturated carbocycles. The molecule has 0 spiro atoms. The predicted octanol–water partition coefficient (Wildman–Crippen LogP) is 2.37. The lowest BCUT2D eigenvalue weighted by Gasteiger charge is -2.33. The molecule has 0 saturated heterocycles. The molecule has 90 valence electrons. The molecule has 0 aliphatic heterocycles. The summed E-state index contributed by atoms with van der Waals surface area (Å²) in [5.74, 6) is -0.369. The fourth-order valence-corrected chi connectivity index (χ4v) is 1.77. The molecule has 1 N–H and O–H groups in total. The maximum absolute atomic E-state index is 11.4. The Morgan fingerprint density at radius 2 is 1.93 bits per heavy atom. The molecule has 0 aromatic rings. The SMILES string of the molecule is CCC(C)CC(O)(CC)C(C)C(=O)OC. The summed E-state index contributed by atoms with van der Waals surface area (Å²) in [6, 6.07) is 0. The fraction of sp³-hybridized carbons (Fsp3) is 0.917. The van der Waals surface area contributed by atoms with Crippen molar-refractivity contribution < 1.29 is 14.6 Å². The van der Waals surface area contributed by atoms with Crippen LogP contribution < -0.4 is 0 Å². The van der Waals surface area contributed by atoms with Crippen LogP contribution in [0.15, 0.2) is 0 Å². The van der Waals surface area contributed by atoms with Gasteiger partial charge in [-0.1, -0.05) is 27.2 Å². The minimum absolute atomic E-state index is 0.331. The molecule has 3 heteroatoms. The summed E-state index contributed by atoms with van der Waals surface area (Å²) in [6.45, 7) is 7.81. The number of rotatable bonds is 6. The first-order chi connectivity index (χ1) is 6.91. The number of ether oxygens (including phenoxy) is 1. The Hall–Kier alpha value is -0.570. The molecule has 0 radical (unpaired) electrons. The summed E-state index contributed by atoms with van der Waals surface area (Å²) in [6.07, 6.45) is 2.24. The van der Waals surface area contributed by atoms with Gasteiger partial charge in [0.2, 0.25) is 0 Å². The smallest absolute Gasteiger partial charge is 0.311 e. The van der Waals surface area contributed by atoms with Crippen molar-refractivity contribution in [3.8, 4) is 0 Å². The second-order valence-electron chi connectivity index (χ2n) is 4.42. The maximum atomic E-state index is 11.4. The molecule has 3 unspecified atom stereocenters. The van der Waals surface area contributed by atoms with Crippen LogP contribution in [0, 0.1) is 11.8 Å². The van der Waals surface area contributed by atoms with E-state index in [4.69, 9.17) is 0 Å². The molecule has 0 aliphatic carbocycles. The lowest BCUT2D eigenvalue weighted by molar-refractivity contribution is -0.156. The van der Waals surface area contributed by atoms with Crippen molar-refractivity contribution in [2.24, 2.45) is 11.8 Å². The molecular weight excluding hydrogens is 192 g/mol. The van der Waals surface area contributed by atoms with Crippen LogP contribution in [-0.2, 0) is 9.53 Å². The number of hydrogen-bond donors (Lipinski definition) is 1. The van der Waals surface area contributed by atoms with Gasteiger partial charge in [0.05, 0.1) is 18.6 Å². The highest BCUT2D eigenvalue weighted by atomic mass is 16.5. The monoisotopic (exact) mass is 216 g/mol. The minimum atomic E-state index is -0.928. The van der Waals surface area contributed by atoms with Gasteiger partial charge in [0.15, 0.2) is 0 Å². The Labute approximate surface area is 92.8 Å². The third kappa shape index (κ3) is 3.82. The van der Waals surface area contributed by atoms with Crippen molar-refractivity contribution in [2.75, 3.05) is 7.11 Å². The molecule has 0 bridgehead atoms. The number of carbonyl (C=O) groups is 1. The third-order valence-electron chi connectivity index (χ3n) is 3.37. The van der Waals surface area contributed by atoms with E-state index in [2.05, 4.69) is 18.6 Å². The molecule has 3 atom stereocenters. The van der Waals surface area contributed by atoms with Crippen LogP contribution in [0.1, 0.15) is 47.0 Å². The second-order valence-corrected chi connectivity index (χ2v) is 4.42. The largest absolute Gasteiger partial charge is 0.469 e. The normalized spacial score (nSPS) is 19.1. The zero-order chi connectivity index (χ0) is 12.1. The van der Waals surface area contributed by atoms with E-state index < -0.39 is 11.5 Å². The number of esters is 1. The van der Waals surface area contributed by atoms with Crippen LogP contribution in [-0.4, -0.2) is 23.8 Å². The van der Waals surface area contributed by atoms with E-state index in [-0.39, 0.29) is 5.97 Å². The van der Waals surface area contributed by atoms with Crippen molar-refractivity contribution in [2.45, 2.75) is 52.6 Å². The Kier molecular flexibility index (Phi) is 5.88. The summed E-state index contributed by atoms with van der Waals surface area (Å²) in [5, 5.41) is 10.4. The second kappa shape index (κ2) is 6.11. The zero-order valence-corrected chi connectivity index (χ0v) is 10.5. The molecule has 0 aromatic carbocycles. The van der Waals surface area contributed by atoms with E-state index in [1.165, 1.54) is 7.11 Å². The summed E-state index contributed by atoms with van der Waals surface area (Å²) in [4.78, 5) is 11.4. The van der Waals surface area contributed by atoms with Gasteiger partial charge >= 0.3 is 5.97 Å². The molecule has 0 amide bonds. The van der Waals surface area contributed by atoms with E-state index >= 15 is 0 Å². The van der Waals surface area contributed by atoms with E-state index in [1.54, 1.807) is 6.92 Å². The summed E-state index contributed by atoms with van der Waals surface area (Å²) in [7, 11) is 1.36. The number of carbonyl (C=O) groups excluding carboxylic acids is 1. The first kappa shape index (κ1) is 14.4. The average molecular weight is 216 g/mol. The minimum Gasteiger partial charge on any atom is -0.469 e. The van der Waals surface area contributed by atoms with Crippen LogP contribution in [0.2, 0.25) is 0 Å². The lowest BCUT2D eigenvalue weighted by atomic mass is 9.79. The first-order valence-corrected chi connectivity index (χ1v) is 5.71. The van der Waals surface area contributed by atoms with Gasteiger partial charge in [-0.15, -0.1) is 0 Å². The van der Waals surface area contributed by atoms with Crippen LogP contribution in [0.5, 0.6) is 0 Å². The molecule has 0 aromatic heterocycles. The number of aliphatic hydroxyl groups is 1. The summed E-state index contributed by atoms with van der Waals surface area (Å²) >= 11 is 0. The van der Waals surface area contributed by atoms with E-state index in [0.717, 1.165) is 6.42 Å². The Bertz CT molecular complexity index is 203. The van der Waals surface area contributed by atoms with Gasteiger partial charge in [-0.2, -0.15) is 0 Å². The van der Waals surface area contributed by atoms with Crippen LogP contribution in [0.3, 0.4) is 0 Å². The van der Waals surface area contributed by atoms with E-state index in [0.29, 0.717) is 18.8 Å². The van der Waals surface area contributed by atoms with Gasteiger partial charge in [-0.3, -0.25) is 4.79 Å². The third-order valence-corrected chi connectivity index (χ3v) is 3.37. The number of methoxy groups -OCH3 is 1. The van der Waals surface area contributed by atoms with Gasteiger partial charge in [0.25, 0.3) is 0 Å². The van der Waals surface area contributed by atoms with Gasteiger partial charge < -0.3 is 9.84 Å². The molecule has 3 nitrogen and oxygen atoms in total. The average Bonchev–Trinajstić information content (AvgIpc) is 2.26. The predicted molar refractivity (Wildman–Crippen MR) is 60.5 cm³/mol. The van der Waals surface area contributed by atoms with Gasteiger partial charge in [-0.05, 0) is 25.7 Å². The fourth-order valence-electron chi connectivity index (χ4n) is 1.77. The molecular formula is C12H24O3.